The van der Waals surface area contributed by atoms with Crippen LogP contribution in [0.4, 0.5) is 19.1 Å². The maximum Gasteiger partial charge on any atom is 0.422 e. The average Bonchev–Trinajstić information content (AvgIpc) is 3.27. The van der Waals surface area contributed by atoms with Gasteiger partial charge in [-0.2, -0.15) is 18.2 Å². The summed E-state index contributed by atoms with van der Waals surface area (Å²) in [5.74, 6) is -0.273. The zero-order valence-corrected chi connectivity index (χ0v) is 22.0. The van der Waals surface area contributed by atoms with E-state index in [1.165, 1.54) is 29.8 Å². The maximum absolute atomic E-state index is 13.7. The molecule has 0 amide bonds. The molecule has 1 unspecified atom stereocenters. The van der Waals surface area contributed by atoms with Gasteiger partial charge in [0.25, 0.3) is 5.56 Å². The van der Waals surface area contributed by atoms with Gasteiger partial charge in [0, 0.05) is 38.3 Å². The van der Waals surface area contributed by atoms with Crippen molar-refractivity contribution < 1.29 is 22.7 Å². The van der Waals surface area contributed by atoms with Gasteiger partial charge in [-0.3, -0.25) is 18.7 Å². The molecule has 3 aromatic rings. The second-order valence-corrected chi connectivity index (χ2v) is 9.91. The Labute approximate surface area is 222 Å². The van der Waals surface area contributed by atoms with Crippen LogP contribution < -0.4 is 26.6 Å². The Balaban J connectivity index is 1.76. The van der Waals surface area contributed by atoms with Crippen molar-refractivity contribution in [2.45, 2.75) is 52.0 Å². The fourth-order valence-corrected chi connectivity index (χ4v) is 4.54. The van der Waals surface area contributed by atoms with Crippen molar-refractivity contribution in [3.05, 3.63) is 62.3 Å². The Morgan fingerprint density at radius 1 is 1.23 bits per heavy atom. The highest BCUT2D eigenvalue weighted by molar-refractivity contribution is 5.96. The third-order valence-electron chi connectivity index (χ3n) is 6.50. The molecule has 2 aromatic heterocycles. The van der Waals surface area contributed by atoms with Crippen molar-refractivity contribution in [2.24, 2.45) is 12.8 Å². The number of benzene rings is 1. The van der Waals surface area contributed by atoms with E-state index in [-0.39, 0.29) is 28.5 Å². The third kappa shape index (κ3) is 6.24. The summed E-state index contributed by atoms with van der Waals surface area (Å²) in [6.07, 6.45) is -0.876. The Hall–Kier alpha value is -3.87. The molecule has 0 bridgehead atoms. The number of aromatic nitrogens is 4. The van der Waals surface area contributed by atoms with E-state index in [9.17, 15) is 27.6 Å². The zero-order valence-electron chi connectivity index (χ0n) is 22.0. The van der Waals surface area contributed by atoms with Gasteiger partial charge in [-0.1, -0.05) is 23.8 Å². The first-order valence-electron chi connectivity index (χ1n) is 12.5. The van der Waals surface area contributed by atoms with Gasteiger partial charge in [-0.25, -0.2) is 4.79 Å². The molecule has 39 heavy (non-hydrogen) atoms. The highest BCUT2D eigenvalue weighted by Crippen LogP contribution is 2.24. The molecule has 10 nitrogen and oxygen atoms in total. The topological polar surface area (TPSA) is 117 Å². The van der Waals surface area contributed by atoms with Crippen LogP contribution in [0.5, 0.6) is 5.75 Å². The van der Waals surface area contributed by atoms with Crippen LogP contribution in [0.2, 0.25) is 0 Å². The molecule has 1 aliphatic rings. The van der Waals surface area contributed by atoms with Gasteiger partial charge in [0.05, 0.1) is 6.54 Å². The third-order valence-corrected chi connectivity index (χ3v) is 6.50. The number of fused-ring (bicyclic) bond motifs is 1. The molecular formula is C26H31F3N6O4. The molecule has 210 valence electrons. The van der Waals surface area contributed by atoms with E-state index in [1.54, 1.807) is 4.57 Å². The van der Waals surface area contributed by atoms with Crippen molar-refractivity contribution in [2.75, 3.05) is 24.6 Å². The van der Waals surface area contributed by atoms with Crippen LogP contribution >= 0.6 is 0 Å². The molecule has 1 aromatic carbocycles. The number of carbonyl (C=O) groups excluding carboxylic acids is 1. The second kappa shape index (κ2) is 11.1. The zero-order chi connectivity index (χ0) is 28.5. The summed E-state index contributed by atoms with van der Waals surface area (Å²) in [6.45, 7) is 3.29. The number of halogens is 3. The Morgan fingerprint density at radius 3 is 2.64 bits per heavy atom. The molecule has 1 atom stereocenters. The van der Waals surface area contributed by atoms with Gasteiger partial charge >= 0.3 is 11.9 Å². The number of ether oxygens (including phenoxy) is 1. The second-order valence-electron chi connectivity index (χ2n) is 9.91. The fourth-order valence-electron chi connectivity index (χ4n) is 4.54. The van der Waals surface area contributed by atoms with E-state index >= 15 is 0 Å². The predicted octanol–water partition coefficient (Wildman–Crippen LogP) is 2.61. The lowest BCUT2D eigenvalue weighted by atomic mass is 10.1. The van der Waals surface area contributed by atoms with Crippen molar-refractivity contribution in [3.8, 4) is 5.75 Å². The van der Waals surface area contributed by atoms with E-state index in [4.69, 9.17) is 10.5 Å². The Bertz CT molecular complexity index is 1530. The van der Waals surface area contributed by atoms with Crippen LogP contribution in [0.25, 0.3) is 11.2 Å². The monoisotopic (exact) mass is 548 g/mol. The van der Waals surface area contributed by atoms with Crippen LogP contribution in [0.1, 0.15) is 37.0 Å². The molecular weight excluding hydrogens is 517 g/mol. The van der Waals surface area contributed by atoms with E-state index in [0.29, 0.717) is 25.6 Å². The molecule has 13 heteroatoms. The van der Waals surface area contributed by atoms with Crippen molar-refractivity contribution in [3.63, 3.8) is 0 Å². The van der Waals surface area contributed by atoms with Crippen LogP contribution in [-0.4, -0.2) is 56.4 Å². The Morgan fingerprint density at radius 2 is 1.97 bits per heavy atom. The van der Waals surface area contributed by atoms with Crippen molar-refractivity contribution in [1.29, 1.82) is 0 Å². The van der Waals surface area contributed by atoms with Gasteiger partial charge in [0.1, 0.15) is 5.75 Å². The molecule has 0 radical (unpaired) electrons. The number of alkyl halides is 3. The minimum atomic E-state index is -4.54. The summed E-state index contributed by atoms with van der Waals surface area (Å²) >= 11 is 0. The van der Waals surface area contributed by atoms with Gasteiger partial charge in [-0.05, 0) is 38.8 Å². The van der Waals surface area contributed by atoms with E-state index in [0.717, 1.165) is 29.0 Å². The first-order valence-corrected chi connectivity index (χ1v) is 12.5. The number of nitrogens with two attached hydrogens (primary N) is 1. The maximum atomic E-state index is 13.7. The number of hydrogen-bond acceptors (Lipinski definition) is 7. The first kappa shape index (κ1) is 28.1. The normalized spacial score (nSPS) is 16.0. The molecule has 0 aliphatic carbocycles. The van der Waals surface area contributed by atoms with Gasteiger partial charge in [-0.15, -0.1) is 0 Å². The molecule has 4 rings (SSSR count). The number of aryl methyl sites for hydroxylation is 1. The quantitative estimate of drug-likeness (QED) is 0.340. The number of hydrogen-bond donors (Lipinski definition) is 1. The number of imidazole rings is 1. The van der Waals surface area contributed by atoms with Crippen molar-refractivity contribution in [1.82, 2.24) is 18.7 Å². The lowest BCUT2D eigenvalue weighted by Gasteiger charge is -2.31. The first-order chi connectivity index (χ1) is 18.4. The lowest BCUT2D eigenvalue weighted by molar-refractivity contribution is -0.153. The predicted molar refractivity (Wildman–Crippen MR) is 140 cm³/mol. The highest BCUT2D eigenvalue weighted by Gasteiger charge is 2.29. The van der Waals surface area contributed by atoms with Gasteiger partial charge in [0.2, 0.25) is 5.95 Å². The molecule has 3 heterocycles. The van der Waals surface area contributed by atoms with E-state index in [1.807, 2.05) is 24.8 Å². The number of rotatable bonds is 8. The SMILES string of the molecule is CC(C)=CCn1c(N2CCCC(N)C2)nc2c1c(=O)n(CC(=O)c1cccc(OCC(F)(F)F)c1)c(=O)n2C. The summed E-state index contributed by atoms with van der Waals surface area (Å²) in [7, 11) is 1.47. The van der Waals surface area contributed by atoms with Gasteiger partial charge < -0.3 is 19.9 Å². The number of carbonyl (C=O) groups is 1. The summed E-state index contributed by atoms with van der Waals surface area (Å²) in [5.41, 5.74) is 6.14. The highest BCUT2D eigenvalue weighted by atomic mass is 19.4. The molecule has 0 spiro atoms. The lowest BCUT2D eigenvalue weighted by Crippen LogP contribution is -2.44. The van der Waals surface area contributed by atoms with Crippen LogP contribution in [-0.2, 0) is 20.1 Å². The average molecular weight is 549 g/mol. The van der Waals surface area contributed by atoms with Crippen LogP contribution in [0.15, 0.2) is 45.5 Å². The summed E-state index contributed by atoms with van der Waals surface area (Å²) in [4.78, 5) is 46.6. The summed E-state index contributed by atoms with van der Waals surface area (Å²) in [6, 6.07) is 5.14. The number of nitrogens with zero attached hydrogens (tertiary/aromatic N) is 5. The molecule has 2 N–H and O–H groups in total. The van der Waals surface area contributed by atoms with Gasteiger partial charge in [0.15, 0.2) is 23.6 Å². The number of Topliss-reactive ketones (excluding diaryl/α,β-unsaturated/α-hetero) is 1. The molecule has 1 aliphatic heterocycles. The number of piperidine rings is 1. The smallest absolute Gasteiger partial charge is 0.422 e. The van der Waals surface area contributed by atoms with E-state index < -0.39 is 36.4 Å². The minimum Gasteiger partial charge on any atom is -0.484 e. The summed E-state index contributed by atoms with van der Waals surface area (Å²) in [5, 5.41) is 0. The molecule has 1 fully saturated rings. The molecule has 0 saturated carbocycles. The van der Waals surface area contributed by atoms with Crippen molar-refractivity contribution >= 4 is 22.9 Å². The van der Waals surface area contributed by atoms with E-state index in [2.05, 4.69) is 4.98 Å². The number of anilines is 1. The fraction of sp³-hybridized carbons (Fsp3) is 0.462. The molecule has 1 saturated heterocycles. The number of allylic oxidation sites excluding steroid dienone is 2. The largest absolute Gasteiger partial charge is 0.484 e. The number of ketones is 1. The van der Waals surface area contributed by atoms with Crippen LogP contribution in [0.3, 0.4) is 0 Å². The minimum absolute atomic E-state index is 0.00441. The Kier molecular flexibility index (Phi) is 8.00. The summed E-state index contributed by atoms with van der Waals surface area (Å²) < 4.78 is 46.1. The standard InChI is InChI=1S/C26H31F3N6O4/c1-16(2)9-11-34-21-22(31-24(34)33-10-5-7-18(30)13-33)32(3)25(38)35(23(21)37)14-20(36)17-6-4-8-19(12-17)39-15-26(27,28)29/h4,6,8-9,12,18H,5,7,10-11,13-15,30H2,1-3H3. The van der Waals surface area contributed by atoms with Crippen LogP contribution in [0, 0.1) is 0 Å².